The minimum atomic E-state index is -0.496. The molecular formula is C17H16F2N2. The van der Waals surface area contributed by atoms with Gasteiger partial charge in [-0.2, -0.15) is 0 Å². The summed E-state index contributed by atoms with van der Waals surface area (Å²) in [7, 11) is 0. The van der Waals surface area contributed by atoms with E-state index in [9.17, 15) is 8.78 Å². The normalized spacial score (nSPS) is 26.9. The number of halogens is 2. The summed E-state index contributed by atoms with van der Waals surface area (Å²) in [5.74, 6) is -0.373. The van der Waals surface area contributed by atoms with Crippen LogP contribution in [0, 0.1) is 17.6 Å². The molecule has 4 heteroatoms. The van der Waals surface area contributed by atoms with Gasteiger partial charge in [-0.05, 0) is 47.9 Å². The van der Waals surface area contributed by atoms with E-state index in [1.54, 1.807) is 6.20 Å². The zero-order valence-electron chi connectivity index (χ0n) is 11.5. The van der Waals surface area contributed by atoms with Gasteiger partial charge in [-0.3, -0.25) is 4.98 Å². The molecule has 1 aromatic heterocycles. The van der Waals surface area contributed by atoms with Crippen LogP contribution in [0.5, 0.6) is 0 Å². The molecule has 0 radical (unpaired) electrons. The van der Waals surface area contributed by atoms with Crippen LogP contribution in [0.3, 0.4) is 0 Å². The first-order valence-electron chi connectivity index (χ1n) is 7.39. The first-order valence-corrected chi connectivity index (χ1v) is 7.39. The molecule has 4 rings (SSSR count). The molecule has 2 aliphatic rings. The number of nitrogens with zero attached hydrogens (tertiary/aromatic N) is 1. The summed E-state index contributed by atoms with van der Waals surface area (Å²) in [5.41, 5.74) is 2.34. The summed E-state index contributed by atoms with van der Waals surface area (Å²) in [6.07, 6.45) is 6.75. The Kier molecular flexibility index (Phi) is 2.91. The Morgan fingerprint density at radius 2 is 2.10 bits per heavy atom. The number of nitrogens with one attached hydrogen (secondary N) is 1. The third-order valence-electron chi connectivity index (χ3n) is 4.83. The second-order valence-corrected chi connectivity index (χ2v) is 5.96. The topological polar surface area (TPSA) is 24.9 Å². The third kappa shape index (κ3) is 2.01. The highest BCUT2D eigenvalue weighted by atomic mass is 19.1. The van der Waals surface area contributed by atoms with E-state index in [0.717, 1.165) is 36.5 Å². The van der Waals surface area contributed by atoms with Crippen LogP contribution in [0.25, 0.3) is 0 Å². The molecule has 1 aliphatic carbocycles. The predicted octanol–water partition coefficient (Wildman–Crippen LogP) is 4.41. The monoisotopic (exact) mass is 286 g/mol. The number of fused-ring (bicyclic) bond motifs is 3. The third-order valence-corrected chi connectivity index (χ3v) is 4.83. The van der Waals surface area contributed by atoms with Gasteiger partial charge in [0.1, 0.15) is 11.6 Å². The molecular weight excluding hydrogens is 270 g/mol. The largest absolute Gasteiger partial charge is 0.375 e. The molecule has 2 nitrogen and oxygen atoms in total. The highest BCUT2D eigenvalue weighted by Crippen LogP contribution is 2.53. The average Bonchev–Trinajstić information content (AvgIpc) is 2.97. The van der Waals surface area contributed by atoms with Gasteiger partial charge in [-0.25, -0.2) is 8.78 Å². The van der Waals surface area contributed by atoms with Crippen molar-refractivity contribution in [2.45, 2.75) is 31.2 Å². The Morgan fingerprint density at radius 3 is 2.90 bits per heavy atom. The maximum atomic E-state index is 14.2. The van der Waals surface area contributed by atoms with E-state index in [2.05, 4.69) is 10.3 Å². The highest BCUT2D eigenvalue weighted by molar-refractivity contribution is 5.59. The van der Waals surface area contributed by atoms with Crippen LogP contribution in [0.15, 0.2) is 36.7 Å². The maximum absolute atomic E-state index is 14.2. The Bertz CT molecular complexity index is 672. The summed E-state index contributed by atoms with van der Waals surface area (Å²) in [5, 5.41) is 3.30. The SMILES string of the molecule is Fc1cc(F)c2c(c1)[C@H]1CCC[C@H]1C(c1cccnc1)N2. The fourth-order valence-corrected chi connectivity index (χ4v) is 3.97. The van der Waals surface area contributed by atoms with Crippen LogP contribution in [-0.2, 0) is 0 Å². The van der Waals surface area contributed by atoms with Crippen molar-refractivity contribution in [2.24, 2.45) is 5.92 Å². The van der Waals surface area contributed by atoms with Crippen LogP contribution in [0.4, 0.5) is 14.5 Å². The maximum Gasteiger partial charge on any atom is 0.149 e. The Labute approximate surface area is 122 Å². The predicted molar refractivity (Wildman–Crippen MR) is 77.0 cm³/mol. The van der Waals surface area contributed by atoms with Gasteiger partial charge in [0.2, 0.25) is 0 Å². The molecule has 108 valence electrons. The van der Waals surface area contributed by atoms with E-state index in [-0.39, 0.29) is 12.0 Å². The van der Waals surface area contributed by atoms with E-state index >= 15 is 0 Å². The summed E-state index contributed by atoms with van der Waals surface area (Å²) in [6, 6.07) is 6.43. The quantitative estimate of drug-likeness (QED) is 0.840. The molecule has 0 spiro atoms. The van der Waals surface area contributed by atoms with Gasteiger partial charge < -0.3 is 5.32 Å². The van der Waals surface area contributed by atoms with Crippen LogP contribution in [-0.4, -0.2) is 4.98 Å². The lowest BCUT2D eigenvalue weighted by molar-refractivity contribution is 0.399. The molecule has 1 saturated carbocycles. The van der Waals surface area contributed by atoms with Gasteiger partial charge in [0.05, 0.1) is 11.7 Å². The molecule has 1 N–H and O–H groups in total. The molecule has 0 bridgehead atoms. The van der Waals surface area contributed by atoms with E-state index in [4.69, 9.17) is 0 Å². The zero-order valence-corrected chi connectivity index (χ0v) is 11.5. The van der Waals surface area contributed by atoms with Crippen molar-refractivity contribution in [3.05, 3.63) is 59.4 Å². The smallest absolute Gasteiger partial charge is 0.149 e. The number of anilines is 1. The first-order chi connectivity index (χ1) is 10.2. The molecule has 2 heterocycles. The second kappa shape index (κ2) is 4.79. The van der Waals surface area contributed by atoms with Crippen LogP contribution < -0.4 is 5.32 Å². The van der Waals surface area contributed by atoms with Crippen molar-refractivity contribution < 1.29 is 8.78 Å². The van der Waals surface area contributed by atoms with Crippen molar-refractivity contribution in [3.8, 4) is 0 Å². The Morgan fingerprint density at radius 1 is 1.19 bits per heavy atom. The molecule has 0 amide bonds. The molecule has 1 fully saturated rings. The van der Waals surface area contributed by atoms with Gasteiger partial charge >= 0.3 is 0 Å². The lowest BCUT2D eigenvalue weighted by Crippen LogP contribution is -2.29. The number of pyridine rings is 1. The summed E-state index contributed by atoms with van der Waals surface area (Å²) >= 11 is 0. The van der Waals surface area contributed by atoms with Gasteiger partial charge in [-0.15, -0.1) is 0 Å². The lowest BCUT2D eigenvalue weighted by Gasteiger charge is -2.37. The molecule has 21 heavy (non-hydrogen) atoms. The van der Waals surface area contributed by atoms with Gasteiger partial charge in [0, 0.05) is 18.5 Å². The molecule has 3 atom stereocenters. The number of hydrogen-bond acceptors (Lipinski definition) is 2. The lowest BCUT2D eigenvalue weighted by atomic mass is 9.77. The summed E-state index contributed by atoms with van der Waals surface area (Å²) in [6.45, 7) is 0. The van der Waals surface area contributed by atoms with Crippen LogP contribution in [0.2, 0.25) is 0 Å². The van der Waals surface area contributed by atoms with Crippen molar-refractivity contribution >= 4 is 5.69 Å². The van der Waals surface area contributed by atoms with Crippen molar-refractivity contribution in [3.63, 3.8) is 0 Å². The average molecular weight is 286 g/mol. The minimum absolute atomic E-state index is 0.0543. The number of rotatable bonds is 1. The summed E-state index contributed by atoms with van der Waals surface area (Å²) < 4.78 is 27.7. The fourth-order valence-electron chi connectivity index (χ4n) is 3.97. The highest BCUT2D eigenvalue weighted by Gasteiger charge is 2.41. The van der Waals surface area contributed by atoms with Crippen LogP contribution >= 0.6 is 0 Å². The Balaban J connectivity index is 1.83. The van der Waals surface area contributed by atoms with E-state index in [1.165, 1.54) is 6.07 Å². The number of aromatic nitrogens is 1. The molecule has 1 unspecified atom stereocenters. The fraction of sp³-hybridized carbons (Fsp3) is 0.353. The van der Waals surface area contributed by atoms with E-state index in [1.807, 2.05) is 18.3 Å². The Hall–Kier alpha value is -1.97. The zero-order chi connectivity index (χ0) is 14.4. The molecule has 1 aliphatic heterocycles. The van der Waals surface area contributed by atoms with Crippen LogP contribution in [0.1, 0.15) is 42.3 Å². The summed E-state index contributed by atoms with van der Waals surface area (Å²) in [4.78, 5) is 4.17. The number of benzene rings is 1. The van der Waals surface area contributed by atoms with Crippen molar-refractivity contribution in [1.29, 1.82) is 0 Å². The van der Waals surface area contributed by atoms with E-state index in [0.29, 0.717) is 11.6 Å². The molecule has 1 aromatic carbocycles. The number of hydrogen-bond donors (Lipinski definition) is 1. The molecule has 0 saturated heterocycles. The molecule has 2 aromatic rings. The standard InChI is InChI=1S/C17H16F2N2/c18-11-7-14-12-4-1-5-13(12)16(10-3-2-6-20-9-10)21-17(14)15(19)8-11/h2-3,6-9,12-13,16,21H,1,4-5H2/t12-,13+,16?/m0/s1. The van der Waals surface area contributed by atoms with E-state index < -0.39 is 11.6 Å². The van der Waals surface area contributed by atoms with Crippen molar-refractivity contribution in [2.75, 3.05) is 5.32 Å². The van der Waals surface area contributed by atoms with Crippen molar-refractivity contribution in [1.82, 2.24) is 4.98 Å². The first kappa shape index (κ1) is 12.7. The second-order valence-electron chi connectivity index (χ2n) is 5.96. The minimum Gasteiger partial charge on any atom is -0.375 e. The van der Waals surface area contributed by atoms with Gasteiger partial charge in [-0.1, -0.05) is 12.5 Å². The van der Waals surface area contributed by atoms with Gasteiger partial charge in [0.15, 0.2) is 0 Å². The van der Waals surface area contributed by atoms with Gasteiger partial charge in [0.25, 0.3) is 0 Å².